The van der Waals surface area contributed by atoms with E-state index in [9.17, 15) is 9.59 Å². The van der Waals surface area contributed by atoms with Crippen molar-refractivity contribution in [2.24, 2.45) is 11.8 Å². The SMILES string of the molecule is CSCCSCCOc1ccc(OC(=O)[C@H]2CC[C@H](C(=O)Oc3ccc(CSCCSCCO)cc3)CC2)cc1. The van der Waals surface area contributed by atoms with Crippen LogP contribution in [0.15, 0.2) is 48.5 Å². The van der Waals surface area contributed by atoms with Gasteiger partial charge >= 0.3 is 11.9 Å². The predicted molar refractivity (Wildman–Crippen MR) is 171 cm³/mol. The van der Waals surface area contributed by atoms with Gasteiger partial charge in [-0.1, -0.05) is 12.1 Å². The van der Waals surface area contributed by atoms with Crippen LogP contribution in [0.1, 0.15) is 31.2 Å². The molecule has 6 nitrogen and oxygen atoms in total. The van der Waals surface area contributed by atoms with Gasteiger partial charge in [0, 0.05) is 40.3 Å². The number of ether oxygens (including phenoxy) is 3. The lowest BCUT2D eigenvalue weighted by Gasteiger charge is -2.25. The molecule has 1 saturated carbocycles. The summed E-state index contributed by atoms with van der Waals surface area (Å²) < 4.78 is 17.0. The highest BCUT2D eigenvalue weighted by Gasteiger charge is 2.32. The van der Waals surface area contributed by atoms with Crippen LogP contribution in [0, 0.1) is 11.8 Å². The Kier molecular flexibility index (Phi) is 16.2. The number of hydrogen-bond acceptors (Lipinski definition) is 10. The standard InChI is InChI=1S/C30H40O6S4/c1-37-18-19-39-17-15-34-26-10-12-28(13-11-26)36-30(33)25-6-4-24(5-7-25)29(32)35-27-8-2-23(3-9-27)22-40-21-20-38-16-14-31/h2-3,8-13,24-25,31H,4-7,14-22H2,1H3/t24-,25-. The molecule has 1 aliphatic rings. The third-order valence-electron chi connectivity index (χ3n) is 6.38. The number of rotatable bonds is 18. The van der Waals surface area contributed by atoms with Crippen LogP contribution >= 0.6 is 47.0 Å². The minimum atomic E-state index is -0.244. The number of aliphatic hydroxyl groups is 1. The summed E-state index contributed by atoms with van der Waals surface area (Å²) in [5, 5.41) is 8.81. The second kappa shape index (κ2) is 19.6. The molecule has 1 fully saturated rings. The smallest absolute Gasteiger partial charge is 0.314 e. The molecular formula is C30H40O6S4. The Bertz CT molecular complexity index is 913. The Labute approximate surface area is 255 Å². The molecule has 3 rings (SSSR count). The zero-order valence-corrected chi connectivity index (χ0v) is 26.4. The van der Waals surface area contributed by atoms with Crippen molar-refractivity contribution < 1.29 is 28.9 Å². The van der Waals surface area contributed by atoms with E-state index in [2.05, 4.69) is 6.26 Å². The topological polar surface area (TPSA) is 82.1 Å². The van der Waals surface area contributed by atoms with Crippen molar-refractivity contribution in [3.05, 3.63) is 54.1 Å². The lowest BCUT2D eigenvalue weighted by Crippen LogP contribution is -2.30. The van der Waals surface area contributed by atoms with Crippen LogP contribution < -0.4 is 14.2 Å². The quantitative estimate of drug-likeness (QED) is 0.114. The third kappa shape index (κ3) is 12.6. The third-order valence-corrected chi connectivity index (χ3v) is 10.5. The van der Waals surface area contributed by atoms with E-state index in [1.807, 2.05) is 71.7 Å². The monoisotopic (exact) mass is 624 g/mol. The molecule has 0 heterocycles. The number of benzene rings is 2. The van der Waals surface area contributed by atoms with Gasteiger partial charge in [0.1, 0.15) is 17.2 Å². The molecule has 0 atom stereocenters. The number of hydrogen-bond donors (Lipinski definition) is 1. The molecule has 40 heavy (non-hydrogen) atoms. The largest absolute Gasteiger partial charge is 0.493 e. The Morgan fingerprint density at radius 3 is 1.77 bits per heavy atom. The van der Waals surface area contributed by atoms with Gasteiger partial charge in [0.2, 0.25) is 0 Å². The van der Waals surface area contributed by atoms with Gasteiger partial charge in [0.05, 0.1) is 25.0 Å². The molecule has 10 heteroatoms. The van der Waals surface area contributed by atoms with E-state index in [1.165, 1.54) is 5.56 Å². The molecule has 0 aliphatic heterocycles. The van der Waals surface area contributed by atoms with Crippen LogP contribution in [-0.4, -0.2) is 71.0 Å². The molecule has 0 amide bonds. The summed E-state index contributed by atoms with van der Waals surface area (Å²) in [5.74, 6) is 7.94. The molecule has 0 radical (unpaired) electrons. The van der Waals surface area contributed by atoms with Crippen molar-refractivity contribution in [2.45, 2.75) is 31.4 Å². The lowest BCUT2D eigenvalue weighted by molar-refractivity contribution is -0.145. The maximum absolute atomic E-state index is 12.7. The molecule has 2 aromatic rings. The zero-order chi connectivity index (χ0) is 28.4. The van der Waals surface area contributed by atoms with Gasteiger partial charge in [-0.25, -0.2) is 0 Å². The Hall–Kier alpha value is -1.46. The first-order valence-electron chi connectivity index (χ1n) is 13.7. The van der Waals surface area contributed by atoms with E-state index >= 15 is 0 Å². The summed E-state index contributed by atoms with van der Waals surface area (Å²) in [4.78, 5) is 25.4. The highest BCUT2D eigenvalue weighted by Crippen LogP contribution is 2.32. The first-order valence-corrected chi connectivity index (χ1v) is 18.5. The molecule has 0 bridgehead atoms. The van der Waals surface area contributed by atoms with Crippen molar-refractivity contribution in [3.8, 4) is 17.2 Å². The van der Waals surface area contributed by atoms with Crippen LogP contribution in [0.3, 0.4) is 0 Å². The van der Waals surface area contributed by atoms with E-state index in [-0.39, 0.29) is 30.4 Å². The van der Waals surface area contributed by atoms with Gasteiger partial charge in [0.15, 0.2) is 0 Å². The van der Waals surface area contributed by atoms with Crippen molar-refractivity contribution in [1.29, 1.82) is 0 Å². The summed E-state index contributed by atoms with van der Waals surface area (Å²) in [7, 11) is 0. The molecule has 220 valence electrons. The first kappa shape index (κ1) is 33.0. The average Bonchev–Trinajstić information content (AvgIpc) is 2.98. The summed E-state index contributed by atoms with van der Waals surface area (Å²) in [6, 6.07) is 14.9. The molecular weight excluding hydrogens is 585 g/mol. The predicted octanol–water partition coefficient (Wildman–Crippen LogP) is 6.44. The molecule has 0 unspecified atom stereocenters. The van der Waals surface area contributed by atoms with E-state index in [0.29, 0.717) is 43.8 Å². The maximum atomic E-state index is 12.7. The van der Waals surface area contributed by atoms with Gasteiger partial charge in [-0.2, -0.15) is 47.0 Å². The van der Waals surface area contributed by atoms with Crippen LogP contribution in [-0.2, 0) is 15.3 Å². The number of thioether (sulfide) groups is 4. The second-order valence-electron chi connectivity index (χ2n) is 9.35. The van der Waals surface area contributed by atoms with Gasteiger partial charge in [-0.3, -0.25) is 9.59 Å². The van der Waals surface area contributed by atoms with E-state index < -0.39 is 0 Å². The van der Waals surface area contributed by atoms with Crippen LogP contribution in [0.4, 0.5) is 0 Å². The van der Waals surface area contributed by atoms with Crippen molar-refractivity contribution in [2.75, 3.05) is 54.0 Å². The van der Waals surface area contributed by atoms with Crippen molar-refractivity contribution in [1.82, 2.24) is 0 Å². The minimum Gasteiger partial charge on any atom is -0.493 e. The summed E-state index contributed by atoms with van der Waals surface area (Å²) in [6.07, 6.45) is 4.56. The highest BCUT2D eigenvalue weighted by atomic mass is 32.2. The Balaban J connectivity index is 1.32. The lowest BCUT2D eigenvalue weighted by atomic mass is 9.82. The van der Waals surface area contributed by atoms with E-state index in [0.717, 1.165) is 46.0 Å². The zero-order valence-electron chi connectivity index (χ0n) is 23.1. The van der Waals surface area contributed by atoms with Crippen LogP contribution in [0.25, 0.3) is 0 Å². The Morgan fingerprint density at radius 1 is 0.700 bits per heavy atom. The normalized spacial score (nSPS) is 16.9. The van der Waals surface area contributed by atoms with Crippen molar-refractivity contribution >= 4 is 59.0 Å². The maximum Gasteiger partial charge on any atom is 0.314 e. The second-order valence-corrected chi connectivity index (χ2v) is 13.9. The average molecular weight is 625 g/mol. The van der Waals surface area contributed by atoms with Gasteiger partial charge in [-0.05, 0) is 73.9 Å². The highest BCUT2D eigenvalue weighted by molar-refractivity contribution is 8.03. The number of carbonyl (C=O) groups excluding carboxylic acids is 2. The van der Waals surface area contributed by atoms with Gasteiger partial charge in [0.25, 0.3) is 0 Å². The summed E-state index contributed by atoms with van der Waals surface area (Å²) >= 11 is 7.34. The number of aliphatic hydroxyl groups excluding tert-OH is 1. The molecule has 1 N–H and O–H groups in total. The molecule has 0 aromatic heterocycles. The fraction of sp³-hybridized carbons (Fsp3) is 0.533. The Morgan fingerprint density at radius 2 is 1.20 bits per heavy atom. The fourth-order valence-electron chi connectivity index (χ4n) is 4.16. The molecule has 1 aliphatic carbocycles. The number of esters is 2. The van der Waals surface area contributed by atoms with Crippen LogP contribution in [0.2, 0.25) is 0 Å². The molecule has 2 aromatic carbocycles. The van der Waals surface area contributed by atoms with E-state index in [4.69, 9.17) is 19.3 Å². The number of carbonyl (C=O) groups is 2. The minimum absolute atomic E-state index is 0.203. The van der Waals surface area contributed by atoms with Crippen LogP contribution in [0.5, 0.6) is 17.2 Å². The summed E-state index contributed by atoms with van der Waals surface area (Å²) in [6.45, 7) is 0.883. The van der Waals surface area contributed by atoms with E-state index in [1.54, 1.807) is 23.9 Å². The van der Waals surface area contributed by atoms with Crippen molar-refractivity contribution in [3.63, 3.8) is 0 Å². The van der Waals surface area contributed by atoms with Gasteiger partial charge < -0.3 is 19.3 Å². The molecule has 0 saturated heterocycles. The first-order chi connectivity index (χ1) is 19.6. The van der Waals surface area contributed by atoms with Gasteiger partial charge in [-0.15, -0.1) is 0 Å². The fourth-order valence-corrected chi connectivity index (χ4v) is 7.55. The summed E-state index contributed by atoms with van der Waals surface area (Å²) in [5.41, 5.74) is 1.19. The molecule has 0 spiro atoms.